The summed E-state index contributed by atoms with van der Waals surface area (Å²) >= 11 is 0. The van der Waals surface area contributed by atoms with Crippen molar-refractivity contribution in [1.29, 1.82) is 0 Å². The van der Waals surface area contributed by atoms with Crippen LogP contribution in [-0.4, -0.2) is 70.3 Å². The summed E-state index contributed by atoms with van der Waals surface area (Å²) < 4.78 is 81.3. The first-order valence-corrected chi connectivity index (χ1v) is 20.1. The Morgan fingerprint density at radius 3 is 1.89 bits per heavy atom. The molecule has 2 aromatic carbocycles. The molecule has 1 aromatic heterocycles. The zero-order valence-electron chi connectivity index (χ0n) is 30.3. The summed E-state index contributed by atoms with van der Waals surface area (Å²) in [6.07, 6.45) is -5.78. The van der Waals surface area contributed by atoms with E-state index in [0.29, 0.717) is 0 Å². The van der Waals surface area contributed by atoms with Crippen LogP contribution in [0, 0.1) is 6.92 Å². The first-order valence-electron chi connectivity index (χ1n) is 16.8. The van der Waals surface area contributed by atoms with Crippen LogP contribution in [0.4, 0.5) is 4.39 Å². The van der Waals surface area contributed by atoms with E-state index >= 15 is 8.96 Å². The van der Waals surface area contributed by atoms with E-state index in [1.165, 1.54) is 45.0 Å². The summed E-state index contributed by atoms with van der Waals surface area (Å²) in [4.78, 5) is 52.9. The van der Waals surface area contributed by atoms with E-state index in [4.69, 9.17) is 27.8 Å². The molecule has 1 aliphatic heterocycles. The number of nitrogens with one attached hydrogen (secondary N) is 3. The van der Waals surface area contributed by atoms with Crippen molar-refractivity contribution in [3.8, 4) is 11.5 Å². The van der Waals surface area contributed by atoms with Crippen LogP contribution in [0.3, 0.4) is 0 Å². The highest BCUT2D eigenvalue weighted by molar-refractivity contribution is 7.58. The van der Waals surface area contributed by atoms with Gasteiger partial charge in [0.1, 0.15) is 35.3 Å². The average molecular weight is 783 g/mol. The fourth-order valence-corrected chi connectivity index (χ4v) is 9.27. The zero-order chi connectivity index (χ0) is 39.1. The maximum Gasteiger partial charge on any atom is 0.459 e. The standard InChI is InChI=1S/C34H45FN4O12P2/c1-20(2)47-32(41)23(6)37-52(44,50-25-14-10-8-11-15-25)29-27(49-31(28(29)35)39-18-22(5)30(40)36-34(39)43)19-46-53(45,51-26-16-12-9-13-17-26)38-24(7)33(42)48-21(3)4/h8-18,20-21,23-24,27-29,31H,19H2,1-7H3,(H,37,44)(H,38,45)(H,36,40,43)/t23-,24-,27-,28+,29-,31-,52-,53-/m0/s1. The molecule has 1 saturated heterocycles. The lowest BCUT2D eigenvalue weighted by atomic mass is 10.2. The molecule has 16 nitrogen and oxygen atoms in total. The molecule has 290 valence electrons. The van der Waals surface area contributed by atoms with Gasteiger partial charge in [0.25, 0.3) is 5.56 Å². The summed E-state index contributed by atoms with van der Waals surface area (Å²) in [5, 5.41) is 5.14. The second-order valence-electron chi connectivity index (χ2n) is 12.9. The van der Waals surface area contributed by atoms with Crippen molar-refractivity contribution in [3.05, 3.63) is 93.3 Å². The summed E-state index contributed by atoms with van der Waals surface area (Å²) in [6.45, 7) is 9.76. The first kappa shape index (κ1) is 41.6. The van der Waals surface area contributed by atoms with Crippen molar-refractivity contribution in [2.45, 2.75) is 96.9 Å². The quantitative estimate of drug-likeness (QED) is 0.125. The van der Waals surface area contributed by atoms with Gasteiger partial charge >= 0.3 is 32.9 Å². The third-order valence-corrected chi connectivity index (χ3v) is 11.9. The lowest BCUT2D eigenvalue weighted by Gasteiger charge is -2.31. The third-order valence-electron chi connectivity index (χ3n) is 7.60. The Kier molecular flexibility index (Phi) is 14.0. The Morgan fingerprint density at radius 2 is 1.36 bits per heavy atom. The van der Waals surface area contributed by atoms with E-state index in [1.807, 2.05) is 0 Å². The van der Waals surface area contributed by atoms with Gasteiger partial charge in [0.15, 0.2) is 12.4 Å². The predicted molar refractivity (Wildman–Crippen MR) is 192 cm³/mol. The van der Waals surface area contributed by atoms with Gasteiger partial charge in [0, 0.05) is 11.8 Å². The second-order valence-corrected chi connectivity index (χ2v) is 16.8. The monoisotopic (exact) mass is 782 g/mol. The van der Waals surface area contributed by atoms with Crippen LogP contribution < -0.4 is 30.5 Å². The molecule has 0 saturated carbocycles. The van der Waals surface area contributed by atoms with Crippen LogP contribution in [0.5, 0.6) is 11.5 Å². The molecule has 1 fully saturated rings. The van der Waals surface area contributed by atoms with Gasteiger partial charge in [-0.25, -0.2) is 18.8 Å². The number of halogens is 1. The van der Waals surface area contributed by atoms with Crippen LogP contribution in [0.2, 0.25) is 0 Å². The maximum absolute atomic E-state index is 17.0. The van der Waals surface area contributed by atoms with Gasteiger partial charge in [0.05, 0.1) is 18.8 Å². The Balaban J connectivity index is 1.79. The topological polar surface area (TPSA) is 203 Å². The normalized spacial score (nSPS) is 22.0. The van der Waals surface area contributed by atoms with Crippen LogP contribution >= 0.6 is 15.3 Å². The number of aromatic amines is 1. The number of esters is 2. The van der Waals surface area contributed by atoms with Crippen molar-refractivity contribution >= 4 is 27.2 Å². The number of para-hydroxylation sites is 2. The molecule has 53 heavy (non-hydrogen) atoms. The maximum atomic E-state index is 17.0. The number of hydrogen-bond acceptors (Lipinski definition) is 12. The van der Waals surface area contributed by atoms with Crippen molar-refractivity contribution < 1.29 is 50.9 Å². The Bertz CT molecular complexity index is 1930. The number of benzene rings is 2. The number of carbonyl (C=O) groups is 2. The van der Waals surface area contributed by atoms with Gasteiger partial charge in [-0.3, -0.25) is 33.0 Å². The highest BCUT2D eigenvalue weighted by Gasteiger charge is 2.58. The molecule has 0 aliphatic carbocycles. The number of hydrogen-bond donors (Lipinski definition) is 3. The second kappa shape index (κ2) is 17.8. The Labute approximate surface area is 305 Å². The molecule has 0 amide bonds. The minimum Gasteiger partial charge on any atom is -0.462 e. The van der Waals surface area contributed by atoms with Crippen molar-refractivity contribution in [1.82, 2.24) is 19.7 Å². The largest absolute Gasteiger partial charge is 0.462 e. The molecule has 0 spiro atoms. The minimum absolute atomic E-state index is 0.0253. The van der Waals surface area contributed by atoms with Gasteiger partial charge in [-0.1, -0.05) is 36.4 Å². The number of ether oxygens (including phenoxy) is 3. The summed E-state index contributed by atoms with van der Waals surface area (Å²) in [6, 6.07) is 13.0. The van der Waals surface area contributed by atoms with E-state index in [1.54, 1.807) is 64.1 Å². The summed E-state index contributed by atoms with van der Waals surface area (Å²) in [5.74, 6) is -1.50. The van der Waals surface area contributed by atoms with Gasteiger partial charge < -0.3 is 23.3 Å². The van der Waals surface area contributed by atoms with Gasteiger partial charge in [-0.2, -0.15) is 5.09 Å². The van der Waals surface area contributed by atoms with Crippen molar-refractivity contribution in [3.63, 3.8) is 0 Å². The Morgan fingerprint density at radius 1 is 0.849 bits per heavy atom. The SMILES string of the molecule is Cc1cn([C@H]2O[C@@H](CO[P@@](=O)(N[C@@H](C)C(=O)OC(C)C)Oc3ccccc3)[C@H]([P@@](=O)(N[C@@H](C)C(=O)OC(C)C)Oc3ccccc3)[C@H]2F)c(=O)[nH]c1=O. The summed E-state index contributed by atoms with van der Waals surface area (Å²) in [7, 11) is -9.28. The number of alkyl halides is 1. The fourth-order valence-electron chi connectivity index (χ4n) is 5.22. The van der Waals surface area contributed by atoms with Crippen molar-refractivity contribution in [2.24, 2.45) is 0 Å². The molecule has 3 aromatic rings. The fraction of sp³-hybridized carbons (Fsp3) is 0.471. The number of carbonyl (C=O) groups excluding carboxylic acids is 2. The van der Waals surface area contributed by atoms with Crippen LogP contribution in [0.1, 0.15) is 53.3 Å². The molecule has 0 bridgehead atoms. The van der Waals surface area contributed by atoms with Crippen molar-refractivity contribution in [2.75, 3.05) is 6.61 Å². The van der Waals surface area contributed by atoms with E-state index in [9.17, 15) is 23.7 Å². The average Bonchev–Trinajstić information content (AvgIpc) is 3.41. The number of aryl methyl sites for hydroxylation is 1. The number of rotatable bonds is 17. The smallest absolute Gasteiger partial charge is 0.459 e. The van der Waals surface area contributed by atoms with Crippen LogP contribution in [-0.2, 0) is 37.5 Å². The van der Waals surface area contributed by atoms with E-state index < -0.39 is 93.5 Å². The van der Waals surface area contributed by atoms with Gasteiger partial charge in [-0.05, 0) is 72.7 Å². The molecule has 1 aliphatic rings. The first-order chi connectivity index (χ1) is 24.9. The third kappa shape index (κ3) is 11.0. The van der Waals surface area contributed by atoms with E-state index in [-0.39, 0.29) is 17.1 Å². The lowest BCUT2D eigenvalue weighted by molar-refractivity contribution is -0.150. The molecular weight excluding hydrogens is 737 g/mol. The van der Waals surface area contributed by atoms with E-state index in [0.717, 1.165) is 10.8 Å². The molecule has 0 radical (unpaired) electrons. The number of nitrogens with zero attached hydrogens (tertiary/aromatic N) is 1. The van der Waals surface area contributed by atoms with Crippen LogP contribution in [0.25, 0.3) is 0 Å². The minimum atomic E-state index is -4.70. The molecule has 4 rings (SSSR count). The molecule has 0 unspecified atom stereocenters. The van der Waals surface area contributed by atoms with Crippen LogP contribution in [0.15, 0.2) is 76.4 Å². The zero-order valence-corrected chi connectivity index (χ0v) is 32.1. The number of H-pyrrole nitrogens is 1. The lowest BCUT2D eigenvalue weighted by Crippen LogP contribution is -2.44. The highest BCUT2D eigenvalue weighted by atomic mass is 31.2. The van der Waals surface area contributed by atoms with Gasteiger partial charge in [0.2, 0.25) is 0 Å². The predicted octanol–water partition coefficient (Wildman–Crippen LogP) is 4.78. The summed E-state index contributed by atoms with van der Waals surface area (Å²) in [5.41, 5.74) is -3.58. The molecule has 19 heteroatoms. The number of aromatic nitrogens is 2. The van der Waals surface area contributed by atoms with Gasteiger partial charge in [-0.15, -0.1) is 0 Å². The molecule has 3 N–H and O–H groups in total. The molecule has 8 atom stereocenters. The van der Waals surface area contributed by atoms with E-state index in [2.05, 4.69) is 15.2 Å². The Hall–Kier alpha value is -4.11. The molecular formula is C34H45FN4O12P2. The molecule has 2 heterocycles. The highest BCUT2D eigenvalue weighted by Crippen LogP contribution is 2.58.